The van der Waals surface area contributed by atoms with E-state index >= 15 is 4.79 Å². The monoisotopic (exact) mass is 739 g/mol. The molecule has 0 aliphatic heterocycles. The topological polar surface area (TPSA) is 72.5 Å². The number of rotatable bonds is 13. The molecule has 0 aliphatic rings. The molecule has 0 aliphatic carbocycles. The first-order valence-corrected chi connectivity index (χ1v) is 20.0. The Balaban J connectivity index is 1.70. The van der Waals surface area contributed by atoms with Crippen LogP contribution in [0.15, 0.2) is 174 Å². The van der Waals surface area contributed by atoms with Crippen LogP contribution in [0.5, 0.6) is 5.75 Å². The smallest absolute Gasteiger partial charge is 0.241 e. The number of ketones is 1. The predicted octanol–water partition coefficient (Wildman–Crippen LogP) is 10.6. The second-order valence-electron chi connectivity index (χ2n) is 14.2. The normalized spacial score (nSPS) is 14.1. The molecule has 0 aromatic heterocycles. The van der Waals surface area contributed by atoms with E-state index in [9.17, 15) is 8.42 Å². The lowest BCUT2D eigenvalue weighted by molar-refractivity contribution is 0.0869. The highest BCUT2D eigenvalue weighted by molar-refractivity contribution is 8.00. The number of methoxy groups -OCH3 is 1. The van der Waals surface area contributed by atoms with Crippen molar-refractivity contribution in [2.24, 2.45) is 5.92 Å². The maximum Gasteiger partial charge on any atom is 0.241 e. The summed E-state index contributed by atoms with van der Waals surface area (Å²) < 4.78 is 36.6. The molecule has 5 nitrogen and oxygen atoms in total. The summed E-state index contributed by atoms with van der Waals surface area (Å²) in [5.74, 6) is -0.555. The third-order valence-electron chi connectivity index (χ3n) is 9.60. The Morgan fingerprint density at radius 1 is 0.642 bits per heavy atom. The zero-order valence-electron chi connectivity index (χ0n) is 30.7. The lowest BCUT2D eigenvalue weighted by Gasteiger charge is -2.44. The molecule has 6 aromatic carbocycles. The molecule has 6 rings (SSSR count). The van der Waals surface area contributed by atoms with Crippen molar-refractivity contribution in [2.75, 3.05) is 7.11 Å². The van der Waals surface area contributed by atoms with Crippen LogP contribution >= 0.6 is 11.8 Å². The Morgan fingerprint density at radius 2 is 1.15 bits per heavy atom. The fourth-order valence-electron chi connectivity index (χ4n) is 6.73. The van der Waals surface area contributed by atoms with Gasteiger partial charge in [-0.2, -0.15) is 0 Å². The van der Waals surface area contributed by atoms with E-state index in [1.807, 2.05) is 110 Å². The number of hydrogen-bond donors (Lipinski definition) is 1. The summed E-state index contributed by atoms with van der Waals surface area (Å²) in [6.45, 7) is 8.46. The fraction of sp³-hybridized carbons (Fsp3) is 0.196. The van der Waals surface area contributed by atoms with E-state index in [2.05, 4.69) is 49.8 Å². The number of carbonyl (C=O) groups is 1. The van der Waals surface area contributed by atoms with Crippen LogP contribution in [0.1, 0.15) is 65.0 Å². The van der Waals surface area contributed by atoms with Gasteiger partial charge in [0.25, 0.3) is 0 Å². The van der Waals surface area contributed by atoms with Crippen molar-refractivity contribution >= 4 is 27.6 Å². The van der Waals surface area contributed by atoms with E-state index in [-0.39, 0.29) is 16.1 Å². The molecule has 7 heteroatoms. The summed E-state index contributed by atoms with van der Waals surface area (Å²) in [7, 11) is -2.52. The van der Waals surface area contributed by atoms with Gasteiger partial charge in [-0.25, -0.2) is 13.1 Å². The summed E-state index contributed by atoms with van der Waals surface area (Å²) in [6, 6.07) is 50.5. The van der Waals surface area contributed by atoms with Gasteiger partial charge in [0.05, 0.1) is 28.7 Å². The molecule has 270 valence electrons. The Hall–Kier alpha value is -4.95. The highest BCUT2D eigenvalue weighted by Gasteiger charge is 2.52. The van der Waals surface area contributed by atoms with E-state index in [4.69, 9.17) is 4.74 Å². The number of thioether (sulfide) groups is 1. The van der Waals surface area contributed by atoms with Crippen LogP contribution in [-0.4, -0.2) is 21.3 Å². The SMILES string of the molecule is COc1ccc([C@@](Sc2ccc(C(C)(C)C)cc2)(c2ccccc2)[C@@H](C(=O)c2ccccc2)[C@H](NS(=O)(=O)c2ccc(C)cc2)c2ccccc2)cc1. The summed E-state index contributed by atoms with van der Waals surface area (Å²) >= 11 is 1.56. The van der Waals surface area contributed by atoms with Crippen molar-refractivity contribution in [1.29, 1.82) is 0 Å². The lowest BCUT2D eigenvalue weighted by atomic mass is 9.71. The van der Waals surface area contributed by atoms with E-state index in [0.717, 1.165) is 21.6 Å². The third-order valence-corrected chi connectivity index (χ3v) is 12.6. The number of Topliss-reactive ketones (excluding diaryl/α,β-unsaturated/α-hetero) is 1. The van der Waals surface area contributed by atoms with Gasteiger partial charge in [0.15, 0.2) is 5.78 Å². The second kappa shape index (κ2) is 16.0. The molecule has 0 saturated carbocycles. The van der Waals surface area contributed by atoms with Gasteiger partial charge < -0.3 is 4.74 Å². The van der Waals surface area contributed by atoms with E-state index in [1.165, 1.54) is 5.56 Å². The minimum Gasteiger partial charge on any atom is -0.497 e. The Labute approximate surface area is 318 Å². The van der Waals surface area contributed by atoms with Crippen LogP contribution in [0, 0.1) is 12.8 Å². The zero-order valence-corrected chi connectivity index (χ0v) is 32.3. The second-order valence-corrected chi connectivity index (χ2v) is 17.3. The van der Waals surface area contributed by atoms with Gasteiger partial charge in [-0.1, -0.05) is 154 Å². The average molecular weight is 740 g/mol. The predicted molar refractivity (Wildman–Crippen MR) is 216 cm³/mol. The van der Waals surface area contributed by atoms with Crippen LogP contribution in [0.25, 0.3) is 0 Å². The maximum absolute atomic E-state index is 15.6. The molecule has 0 saturated heterocycles. The molecule has 0 fully saturated rings. The van der Waals surface area contributed by atoms with Gasteiger partial charge in [0, 0.05) is 10.5 Å². The van der Waals surface area contributed by atoms with E-state index in [0.29, 0.717) is 16.9 Å². The molecule has 53 heavy (non-hydrogen) atoms. The first-order chi connectivity index (χ1) is 25.4. The van der Waals surface area contributed by atoms with Crippen molar-refractivity contribution in [3.63, 3.8) is 0 Å². The molecule has 6 aromatic rings. The van der Waals surface area contributed by atoms with Gasteiger partial charge >= 0.3 is 0 Å². The lowest BCUT2D eigenvalue weighted by Crippen LogP contribution is -2.47. The largest absolute Gasteiger partial charge is 0.497 e. The van der Waals surface area contributed by atoms with Gasteiger partial charge in [-0.05, 0) is 71.0 Å². The number of hydrogen-bond acceptors (Lipinski definition) is 5. The summed E-state index contributed by atoms with van der Waals surface area (Å²) in [6.07, 6.45) is 0. The molecule has 3 atom stereocenters. The van der Waals surface area contributed by atoms with Crippen LogP contribution in [0.3, 0.4) is 0 Å². The quantitative estimate of drug-likeness (QED) is 0.0943. The van der Waals surface area contributed by atoms with Crippen molar-refractivity contribution in [3.8, 4) is 5.75 Å². The molecule has 0 bridgehead atoms. The number of benzene rings is 6. The average Bonchev–Trinajstić information content (AvgIpc) is 3.18. The molecule has 1 N–H and O–H groups in total. The first-order valence-electron chi connectivity index (χ1n) is 17.7. The fourth-order valence-corrected chi connectivity index (χ4v) is 9.49. The minimum absolute atomic E-state index is 0.0613. The summed E-state index contributed by atoms with van der Waals surface area (Å²) in [5, 5.41) is 0. The number of nitrogens with one attached hydrogen (secondary N) is 1. The number of sulfonamides is 1. The molecule has 0 heterocycles. The number of ether oxygens (including phenoxy) is 1. The zero-order chi connectivity index (χ0) is 37.6. The van der Waals surface area contributed by atoms with Crippen LogP contribution in [0.4, 0.5) is 0 Å². The summed E-state index contributed by atoms with van der Waals surface area (Å²) in [4.78, 5) is 16.7. The molecular weight excluding hydrogens is 695 g/mol. The van der Waals surface area contributed by atoms with Crippen molar-refractivity contribution in [2.45, 2.75) is 53.7 Å². The van der Waals surface area contributed by atoms with Gasteiger partial charge in [0.1, 0.15) is 5.75 Å². The van der Waals surface area contributed by atoms with Gasteiger partial charge in [0.2, 0.25) is 10.0 Å². The standard InChI is InChI=1S/C46H45NO4S2/c1-33-21-31-41(32-22-33)53(49,50)47-43(34-15-9-6-10-16-34)42(44(48)35-17-11-7-12-18-35)46(37-19-13-8-14-20-37,38-23-27-39(51-5)28-24-38)52-40-29-25-36(26-30-40)45(2,3)4/h6-32,42-43,47H,1-5H3/t42-,43-,46+/m1/s1. The molecule has 0 spiro atoms. The van der Waals surface area contributed by atoms with Gasteiger partial charge in [-0.3, -0.25) is 4.79 Å². The van der Waals surface area contributed by atoms with E-state index in [1.54, 1.807) is 55.3 Å². The van der Waals surface area contributed by atoms with Crippen LogP contribution in [-0.2, 0) is 20.2 Å². The van der Waals surface area contributed by atoms with Crippen molar-refractivity contribution in [1.82, 2.24) is 4.72 Å². The molecular formula is C46H45NO4S2. The Bertz CT molecular complexity index is 2220. The number of aryl methyl sites for hydroxylation is 1. The molecule has 0 radical (unpaired) electrons. The third kappa shape index (κ3) is 8.33. The number of carbonyl (C=O) groups excluding carboxylic acids is 1. The Kier molecular flexibility index (Phi) is 11.4. The highest BCUT2D eigenvalue weighted by Crippen LogP contribution is 2.56. The Morgan fingerprint density at radius 3 is 1.70 bits per heavy atom. The van der Waals surface area contributed by atoms with Gasteiger partial charge in [-0.15, -0.1) is 11.8 Å². The maximum atomic E-state index is 15.6. The first kappa shape index (κ1) is 37.8. The van der Waals surface area contributed by atoms with E-state index < -0.39 is 26.7 Å². The minimum atomic E-state index is -4.15. The van der Waals surface area contributed by atoms with Crippen molar-refractivity contribution in [3.05, 3.63) is 197 Å². The van der Waals surface area contributed by atoms with Crippen molar-refractivity contribution < 1.29 is 17.9 Å². The highest BCUT2D eigenvalue weighted by atomic mass is 32.2. The van der Waals surface area contributed by atoms with Crippen LogP contribution < -0.4 is 9.46 Å². The van der Waals surface area contributed by atoms with Crippen LogP contribution in [0.2, 0.25) is 0 Å². The summed E-state index contributed by atoms with van der Waals surface area (Å²) in [5.41, 5.74) is 4.87. The molecule has 0 unspecified atom stereocenters. The molecule has 0 amide bonds.